The van der Waals surface area contributed by atoms with E-state index in [1.807, 2.05) is 24.3 Å². The van der Waals surface area contributed by atoms with Gasteiger partial charge in [0.2, 0.25) is 0 Å². The Labute approximate surface area is 106 Å². The number of benzene rings is 1. The van der Waals surface area contributed by atoms with Crippen LogP contribution in [-0.2, 0) is 11.2 Å². The topological polar surface area (TPSA) is 60.9 Å². The quantitative estimate of drug-likeness (QED) is 0.880. The summed E-state index contributed by atoms with van der Waals surface area (Å²) in [6, 6.07) is 7.50. The minimum absolute atomic E-state index is 0.00890. The number of carboxylic acids is 1. The van der Waals surface area contributed by atoms with Crippen molar-refractivity contribution in [3.8, 4) is 0 Å². The van der Waals surface area contributed by atoms with Gasteiger partial charge < -0.3 is 10.0 Å². The lowest BCUT2D eigenvalue weighted by Gasteiger charge is -2.16. The van der Waals surface area contributed by atoms with Crippen molar-refractivity contribution < 1.29 is 14.7 Å². The molecule has 2 amide bonds. The van der Waals surface area contributed by atoms with Gasteiger partial charge in [0.15, 0.2) is 0 Å². The van der Waals surface area contributed by atoms with Crippen molar-refractivity contribution in [2.45, 2.75) is 12.8 Å². The lowest BCUT2D eigenvalue weighted by molar-refractivity contribution is -0.136. The smallest absolute Gasteiger partial charge is 0.324 e. The van der Waals surface area contributed by atoms with Crippen molar-refractivity contribution in [3.05, 3.63) is 29.8 Å². The van der Waals surface area contributed by atoms with Crippen molar-refractivity contribution in [1.82, 2.24) is 4.90 Å². The van der Waals surface area contributed by atoms with E-state index >= 15 is 0 Å². The molecule has 1 aliphatic heterocycles. The van der Waals surface area contributed by atoms with E-state index in [4.69, 9.17) is 5.11 Å². The summed E-state index contributed by atoms with van der Waals surface area (Å²) in [4.78, 5) is 25.8. The first-order chi connectivity index (χ1) is 8.58. The summed E-state index contributed by atoms with van der Waals surface area (Å²) in [5.74, 6) is -0.808. The monoisotopic (exact) mass is 248 g/mol. The zero-order chi connectivity index (χ0) is 13.1. The number of aliphatic carboxylic acids is 1. The second-order valence-corrected chi connectivity index (χ2v) is 4.42. The molecule has 1 N–H and O–H groups in total. The summed E-state index contributed by atoms with van der Waals surface area (Å²) in [5.41, 5.74) is 1.78. The molecule has 1 aromatic rings. The molecule has 0 aromatic heterocycles. The molecule has 0 unspecified atom stereocenters. The second-order valence-electron chi connectivity index (χ2n) is 4.42. The van der Waals surface area contributed by atoms with Crippen LogP contribution in [0.2, 0.25) is 0 Å². The third-order valence-electron chi connectivity index (χ3n) is 3.07. The fourth-order valence-corrected chi connectivity index (χ4v) is 2.02. The number of carbonyl (C=O) groups excluding carboxylic acids is 1. The van der Waals surface area contributed by atoms with Crippen LogP contribution in [0.1, 0.15) is 12.0 Å². The number of urea groups is 1. The van der Waals surface area contributed by atoms with Gasteiger partial charge in [0, 0.05) is 32.2 Å². The van der Waals surface area contributed by atoms with Crippen LogP contribution in [0.25, 0.3) is 0 Å². The molecule has 0 aliphatic carbocycles. The molecule has 1 heterocycles. The van der Waals surface area contributed by atoms with Crippen LogP contribution in [0, 0.1) is 0 Å². The van der Waals surface area contributed by atoms with Gasteiger partial charge in [-0.15, -0.1) is 0 Å². The highest BCUT2D eigenvalue weighted by Gasteiger charge is 2.26. The molecule has 0 radical (unpaired) electrons. The summed E-state index contributed by atoms with van der Waals surface area (Å²) < 4.78 is 0. The number of hydrogen-bond acceptors (Lipinski definition) is 2. The van der Waals surface area contributed by atoms with Crippen LogP contribution >= 0.6 is 0 Å². The molecule has 2 rings (SSSR count). The van der Waals surface area contributed by atoms with Gasteiger partial charge in [-0.05, 0) is 24.1 Å². The molecule has 0 bridgehead atoms. The molecule has 96 valence electrons. The predicted molar refractivity (Wildman–Crippen MR) is 67.8 cm³/mol. The van der Waals surface area contributed by atoms with Gasteiger partial charge in [-0.2, -0.15) is 0 Å². The van der Waals surface area contributed by atoms with Crippen molar-refractivity contribution >= 4 is 17.7 Å². The molecule has 5 nitrogen and oxygen atoms in total. The van der Waals surface area contributed by atoms with E-state index in [0.717, 1.165) is 17.8 Å². The number of nitrogens with zero attached hydrogens (tertiary/aromatic N) is 2. The first kappa shape index (κ1) is 12.4. The molecular formula is C13H16N2O3. The van der Waals surface area contributed by atoms with Gasteiger partial charge in [0.25, 0.3) is 0 Å². The Morgan fingerprint density at radius 2 is 2.17 bits per heavy atom. The number of hydrogen-bond donors (Lipinski definition) is 1. The molecule has 0 spiro atoms. The maximum atomic E-state index is 11.8. The Balaban J connectivity index is 2.12. The number of aryl methyl sites for hydroxylation is 1. The van der Waals surface area contributed by atoms with Crippen LogP contribution in [0.4, 0.5) is 10.5 Å². The second kappa shape index (κ2) is 5.08. The molecule has 18 heavy (non-hydrogen) atoms. The van der Waals surface area contributed by atoms with Crippen molar-refractivity contribution in [2.24, 2.45) is 0 Å². The van der Waals surface area contributed by atoms with E-state index in [-0.39, 0.29) is 12.5 Å². The van der Waals surface area contributed by atoms with Gasteiger partial charge >= 0.3 is 12.0 Å². The SMILES string of the molecule is CN1CCN(c2cccc(CCC(=O)O)c2)C1=O. The molecule has 0 atom stereocenters. The number of carbonyl (C=O) groups is 2. The van der Waals surface area contributed by atoms with E-state index in [9.17, 15) is 9.59 Å². The van der Waals surface area contributed by atoms with Crippen LogP contribution in [0.5, 0.6) is 0 Å². The van der Waals surface area contributed by atoms with E-state index in [1.165, 1.54) is 0 Å². The normalized spacial score (nSPS) is 15.3. The van der Waals surface area contributed by atoms with E-state index in [2.05, 4.69) is 0 Å². The van der Waals surface area contributed by atoms with Gasteiger partial charge in [0.1, 0.15) is 0 Å². The Hall–Kier alpha value is -2.04. The van der Waals surface area contributed by atoms with Crippen LogP contribution in [0.15, 0.2) is 24.3 Å². The number of anilines is 1. The Morgan fingerprint density at radius 3 is 2.78 bits per heavy atom. The van der Waals surface area contributed by atoms with Crippen LogP contribution in [-0.4, -0.2) is 42.1 Å². The summed E-state index contributed by atoms with van der Waals surface area (Å²) in [7, 11) is 1.77. The maximum absolute atomic E-state index is 11.8. The molecular weight excluding hydrogens is 232 g/mol. The minimum atomic E-state index is -0.808. The van der Waals surface area contributed by atoms with Gasteiger partial charge in [-0.1, -0.05) is 12.1 Å². The van der Waals surface area contributed by atoms with E-state index in [1.54, 1.807) is 16.8 Å². The van der Waals surface area contributed by atoms with Crippen molar-refractivity contribution in [3.63, 3.8) is 0 Å². The standard InChI is InChI=1S/C13H16N2O3/c1-14-7-8-15(13(14)18)11-4-2-3-10(9-11)5-6-12(16)17/h2-4,9H,5-8H2,1H3,(H,16,17). The molecule has 1 fully saturated rings. The van der Waals surface area contributed by atoms with Crippen LogP contribution < -0.4 is 4.90 Å². The lowest BCUT2D eigenvalue weighted by atomic mass is 10.1. The Bertz CT molecular complexity index is 473. The largest absolute Gasteiger partial charge is 0.481 e. The fraction of sp³-hybridized carbons (Fsp3) is 0.385. The maximum Gasteiger partial charge on any atom is 0.324 e. The van der Waals surface area contributed by atoms with E-state index < -0.39 is 5.97 Å². The lowest BCUT2D eigenvalue weighted by Crippen LogP contribution is -2.29. The number of amides is 2. The van der Waals surface area contributed by atoms with Gasteiger partial charge in [-0.3, -0.25) is 9.69 Å². The molecule has 1 aliphatic rings. The summed E-state index contributed by atoms with van der Waals surface area (Å²) in [6.07, 6.45) is 0.596. The van der Waals surface area contributed by atoms with Gasteiger partial charge in [-0.25, -0.2) is 4.79 Å². The van der Waals surface area contributed by atoms with Crippen molar-refractivity contribution in [2.75, 3.05) is 25.0 Å². The third-order valence-corrected chi connectivity index (χ3v) is 3.07. The fourth-order valence-electron chi connectivity index (χ4n) is 2.02. The highest BCUT2D eigenvalue weighted by atomic mass is 16.4. The first-order valence-electron chi connectivity index (χ1n) is 5.91. The summed E-state index contributed by atoms with van der Waals surface area (Å²) >= 11 is 0. The average molecular weight is 248 g/mol. The average Bonchev–Trinajstić information content (AvgIpc) is 2.68. The van der Waals surface area contributed by atoms with Crippen LogP contribution in [0.3, 0.4) is 0 Å². The Morgan fingerprint density at radius 1 is 1.39 bits per heavy atom. The number of likely N-dealkylation sites (N-methyl/N-ethyl adjacent to an activating group) is 1. The highest BCUT2D eigenvalue weighted by molar-refractivity contribution is 5.94. The number of carboxylic acid groups (broad SMARTS) is 1. The minimum Gasteiger partial charge on any atom is -0.481 e. The molecule has 1 aromatic carbocycles. The van der Waals surface area contributed by atoms with Crippen molar-refractivity contribution in [1.29, 1.82) is 0 Å². The third kappa shape index (κ3) is 2.61. The number of rotatable bonds is 4. The molecule has 5 heteroatoms. The van der Waals surface area contributed by atoms with E-state index in [0.29, 0.717) is 13.0 Å². The van der Waals surface area contributed by atoms with Gasteiger partial charge in [0.05, 0.1) is 0 Å². The predicted octanol–water partition coefficient (Wildman–Crippen LogP) is 1.58. The highest BCUT2D eigenvalue weighted by Crippen LogP contribution is 2.21. The molecule has 0 saturated carbocycles. The Kier molecular flexibility index (Phi) is 3.50. The summed E-state index contributed by atoms with van der Waals surface area (Å²) in [5, 5.41) is 8.66. The zero-order valence-electron chi connectivity index (χ0n) is 10.3. The zero-order valence-corrected chi connectivity index (χ0v) is 10.3. The molecule has 1 saturated heterocycles. The summed E-state index contributed by atoms with van der Waals surface area (Å²) in [6.45, 7) is 1.40. The first-order valence-corrected chi connectivity index (χ1v) is 5.91.